The van der Waals surface area contributed by atoms with Gasteiger partial charge in [0, 0.05) is 31.7 Å². The summed E-state index contributed by atoms with van der Waals surface area (Å²) in [5, 5.41) is 0. The molecule has 0 aromatic carbocycles. The molecule has 1 aliphatic heterocycles. The van der Waals surface area contributed by atoms with Gasteiger partial charge >= 0.3 is 0 Å². The molecule has 1 amide bonds. The molecule has 0 bridgehead atoms. The predicted octanol–water partition coefficient (Wildman–Crippen LogP) is 1.42. The van der Waals surface area contributed by atoms with E-state index in [2.05, 4.69) is 16.8 Å². The van der Waals surface area contributed by atoms with Crippen molar-refractivity contribution >= 4 is 12.4 Å². The van der Waals surface area contributed by atoms with E-state index >= 15 is 0 Å². The van der Waals surface area contributed by atoms with Crippen LogP contribution in [0.4, 0.5) is 5.95 Å². The maximum atomic E-state index is 10.8. The van der Waals surface area contributed by atoms with E-state index in [-0.39, 0.29) is 0 Å². The van der Waals surface area contributed by atoms with Crippen molar-refractivity contribution in [2.75, 3.05) is 37.7 Å². The number of fused-ring (bicyclic) bond motifs is 1. The number of piperazine rings is 1. The molecule has 3 rings (SSSR count). The Balaban J connectivity index is 1.77. The van der Waals surface area contributed by atoms with Gasteiger partial charge in [-0.25, -0.2) is 4.98 Å². The van der Waals surface area contributed by atoms with Crippen molar-refractivity contribution < 1.29 is 9.53 Å². The lowest BCUT2D eigenvalue weighted by Crippen LogP contribution is -2.46. The zero-order valence-corrected chi connectivity index (χ0v) is 13.3. The van der Waals surface area contributed by atoms with Gasteiger partial charge in [0.05, 0.1) is 12.3 Å². The topological polar surface area (TPSA) is 58.6 Å². The summed E-state index contributed by atoms with van der Waals surface area (Å²) in [4.78, 5) is 24.2. The van der Waals surface area contributed by atoms with Crippen molar-refractivity contribution in [3.63, 3.8) is 0 Å². The molecule has 0 saturated carbocycles. The minimum atomic E-state index is 0.721. The fraction of sp³-hybridized carbons (Fsp3) is 0.688. The Labute approximate surface area is 131 Å². The molecule has 0 unspecified atom stereocenters. The zero-order valence-electron chi connectivity index (χ0n) is 13.3. The van der Waals surface area contributed by atoms with Crippen molar-refractivity contribution in [1.82, 2.24) is 14.9 Å². The summed E-state index contributed by atoms with van der Waals surface area (Å²) in [5.41, 5.74) is 2.35. The first-order valence-corrected chi connectivity index (χ1v) is 8.28. The van der Waals surface area contributed by atoms with E-state index < -0.39 is 0 Å². The number of aryl methyl sites for hydroxylation is 1. The molecule has 0 atom stereocenters. The van der Waals surface area contributed by atoms with Gasteiger partial charge < -0.3 is 14.5 Å². The first-order valence-electron chi connectivity index (χ1n) is 8.28. The van der Waals surface area contributed by atoms with Gasteiger partial charge in [-0.2, -0.15) is 4.98 Å². The number of nitrogens with zero attached hydrogens (tertiary/aromatic N) is 4. The van der Waals surface area contributed by atoms with Gasteiger partial charge in [0.1, 0.15) is 0 Å². The van der Waals surface area contributed by atoms with Gasteiger partial charge in [-0.05, 0) is 25.7 Å². The molecule has 1 aliphatic carbocycles. The van der Waals surface area contributed by atoms with Gasteiger partial charge in [-0.1, -0.05) is 13.3 Å². The van der Waals surface area contributed by atoms with Crippen LogP contribution in [0.2, 0.25) is 0 Å². The minimum Gasteiger partial charge on any atom is -0.477 e. The average Bonchev–Trinajstić information content (AvgIpc) is 3.04. The van der Waals surface area contributed by atoms with Crippen LogP contribution in [-0.2, 0) is 17.6 Å². The number of aromatic nitrogens is 2. The van der Waals surface area contributed by atoms with Gasteiger partial charge in [-0.15, -0.1) is 0 Å². The van der Waals surface area contributed by atoms with Gasteiger partial charge in [0.25, 0.3) is 0 Å². The lowest BCUT2D eigenvalue weighted by Gasteiger charge is -2.32. The van der Waals surface area contributed by atoms with E-state index in [1.165, 1.54) is 5.56 Å². The number of carbonyl (C=O) groups excluding carboxylic acids is 1. The maximum absolute atomic E-state index is 10.8. The van der Waals surface area contributed by atoms with Crippen LogP contribution in [0.1, 0.15) is 37.4 Å². The Morgan fingerprint density at radius 1 is 1.18 bits per heavy atom. The van der Waals surface area contributed by atoms with Crippen LogP contribution in [0.15, 0.2) is 0 Å². The summed E-state index contributed by atoms with van der Waals surface area (Å²) in [6.45, 7) is 5.91. The number of amides is 1. The van der Waals surface area contributed by atoms with E-state index in [0.29, 0.717) is 0 Å². The van der Waals surface area contributed by atoms with Crippen LogP contribution in [0.3, 0.4) is 0 Å². The van der Waals surface area contributed by atoms with Crippen molar-refractivity contribution in [1.29, 1.82) is 0 Å². The maximum Gasteiger partial charge on any atom is 0.229 e. The largest absolute Gasteiger partial charge is 0.477 e. The molecule has 0 radical (unpaired) electrons. The van der Waals surface area contributed by atoms with Crippen molar-refractivity contribution in [2.45, 2.75) is 39.0 Å². The third-order valence-corrected chi connectivity index (χ3v) is 4.37. The first kappa shape index (κ1) is 15.1. The summed E-state index contributed by atoms with van der Waals surface area (Å²) >= 11 is 0. The SMILES string of the molecule is CCCCOc1nc(N2CCN(C=O)CC2)nc2c1CCC2. The molecule has 1 saturated heterocycles. The Hall–Kier alpha value is -1.85. The molecule has 0 spiro atoms. The second-order valence-electron chi connectivity index (χ2n) is 5.94. The van der Waals surface area contributed by atoms with Crippen LogP contribution in [0, 0.1) is 0 Å². The highest BCUT2D eigenvalue weighted by Gasteiger charge is 2.24. The molecule has 120 valence electrons. The normalized spacial score (nSPS) is 17.5. The molecule has 22 heavy (non-hydrogen) atoms. The summed E-state index contributed by atoms with van der Waals surface area (Å²) in [7, 11) is 0. The lowest BCUT2D eigenvalue weighted by atomic mass is 10.2. The number of unbranched alkanes of at least 4 members (excludes halogenated alkanes) is 1. The number of hydrogen-bond donors (Lipinski definition) is 0. The number of ether oxygens (including phenoxy) is 1. The number of hydrogen-bond acceptors (Lipinski definition) is 5. The Bertz CT molecular complexity index is 527. The molecular weight excluding hydrogens is 280 g/mol. The molecule has 6 nitrogen and oxygen atoms in total. The highest BCUT2D eigenvalue weighted by atomic mass is 16.5. The number of rotatable bonds is 6. The quantitative estimate of drug-likeness (QED) is 0.588. The van der Waals surface area contributed by atoms with Crippen LogP contribution < -0.4 is 9.64 Å². The summed E-state index contributed by atoms with van der Waals surface area (Å²) in [6, 6.07) is 0. The Morgan fingerprint density at radius 2 is 2.00 bits per heavy atom. The first-order chi connectivity index (χ1) is 10.8. The molecular formula is C16H24N4O2. The third-order valence-electron chi connectivity index (χ3n) is 4.37. The average molecular weight is 304 g/mol. The summed E-state index contributed by atoms with van der Waals surface area (Å²) in [6.07, 6.45) is 6.26. The predicted molar refractivity (Wildman–Crippen MR) is 84.3 cm³/mol. The van der Waals surface area contributed by atoms with Crippen molar-refractivity contribution in [3.05, 3.63) is 11.3 Å². The van der Waals surface area contributed by atoms with E-state index in [9.17, 15) is 4.79 Å². The lowest BCUT2D eigenvalue weighted by molar-refractivity contribution is -0.118. The monoisotopic (exact) mass is 304 g/mol. The summed E-state index contributed by atoms with van der Waals surface area (Å²) in [5.74, 6) is 1.54. The van der Waals surface area contributed by atoms with Crippen LogP contribution >= 0.6 is 0 Å². The van der Waals surface area contributed by atoms with E-state index in [1.807, 2.05) is 0 Å². The Kier molecular flexibility index (Phi) is 4.75. The molecule has 1 fully saturated rings. The van der Waals surface area contributed by atoms with Crippen LogP contribution in [0.5, 0.6) is 5.88 Å². The highest BCUT2D eigenvalue weighted by molar-refractivity contribution is 5.49. The minimum absolute atomic E-state index is 0.721. The van der Waals surface area contributed by atoms with Crippen LogP contribution in [0.25, 0.3) is 0 Å². The van der Waals surface area contributed by atoms with E-state index in [0.717, 1.165) is 88.8 Å². The van der Waals surface area contributed by atoms with Crippen LogP contribution in [-0.4, -0.2) is 54.1 Å². The molecule has 1 aromatic heterocycles. The molecule has 2 aliphatic rings. The van der Waals surface area contributed by atoms with Crippen molar-refractivity contribution in [2.24, 2.45) is 0 Å². The number of anilines is 1. The second kappa shape index (κ2) is 6.94. The zero-order chi connectivity index (χ0) is 15.4. The van der Waals surface area contributed by atoms with Gasteiger partial charge in [0.2, 0.25) is 18.2 Å². The third kappa shape index (κ3) is 3.15. The highest BCUT2D eigenvalue weighted by Crippen LogP contribution is 2.30. The van der Waals surface area contributed by atoms with E-state index in [1.54, 1.807) is 4.90 Å². The fourth-order valence-corrected chi connectivity index (χ4v) is 2.99. The Morgan fingerprint density at radius 3 is 2.73 bits per heavy atom. The smallest absolute Gasteiger partial charge is 0.229 e. The summed E-state index contributed by atoms with van der Waals surface area (Å²) < 4.78 is 5.92. The second-order valence-corrected chi connectivity index (χ2v) is 5.94. The van der Waals surface area contributed by atoms with E-state index in [4.69, 9.17) is 9.72 Å². The molecule has 1 aromatic rings. The van der Waals surface area contributed by atoms with Gasteiger partial charge in [-0.3, -0.25) is 4.79 Å². The van der Waals surface area contributed by atoms with Gasteiger partial charge in [0.15, 0.2) is 0 Å². The standard InChI is InChI=1S/C16H24N4O2/c1-2-3-11-22-15-13-5-4-6-14(13)17-16(18-15)20-9-7-19(12-21)8-10-20/h12H,2-11H2,1H3. The molecule has 0 N–H and O–H groups in total. The van der Waals surface area contributed by atoms with Crippen molar-refractivity contribution in [3.8, 4) is 5.88 Å². The number of carbonyl (C=O) groups is 1. The molecule has 2 heterocycles. The fourth-order valence-electron chi connectivity index (χ4n) is 2.99. The molecule has 6 heteroatoms.